The fourth-order valence-corrected chi connectivity index (χ4v) is 4.68. The number of fused-ring (bicyclic) bond motifs is 1. The van der Waals surface area contributed by atoms with Gasteiger partial charge in [-0.3, -0.25) is 4.72 Å². The second kappa shape index (κ2) is 10.5. The molecular formula is C18H13BrCl4N6O3S. The minimum atomic E-state index is -4.13. The molecule has 0 saturated carbocycles. The molecule has 4 rings (SSSR count). The lowest BCUT2D eigenvalue weighted by molar-refractivity contribution is 0.366. The molecule has 4 aromatic rings. The maximum absolute atomic E-state index is 12.5. The minimum absolute atomic E-state index is 0.0452. The zero-order valence-electron chi connectivity index (χ0n) is 16.4. The van der Waals surface area contributed by atoms with Crippen molar-refractivity contribution in [3.8, 4) is 6.01 Å². The van der Waals surface area contributed by atoms with Crippen molar-refractivity contribution in [3.63, 3.8) is 0 Å². The third-order valence-electron chi connectivity index (χ3n) is 3.89. The van der Waals surface area contributed by atoms with E-state index in [2.05, 4.69) is 35.7 Å². The fraction of sp³-hybridized carbons (Fsp3) is 0.0556. The number of ether oxygens (including phenoxy) is 1. The molecule has 3 N–H and O–H groups in total. The predicted molar refractivity (Wildman–Crippen MR) is 133 cm³/mol. The van der Waals surface area contributed by atoms with Crippen molar-refractivity contribution in [1.29, 1.82) is 0 Å². The molecule has 0 spiro atoms. The zero-order chi connectivity index (χ0) is 24.3. The third-order valence-corrected chi connectivity index (χ3v) is 6.87. The highest BCUT2D eigenvalue weighted by Crippen LogP contribution is 2.32. The van der Waals surface area contributed by atoms with E-state index in [1.54, 1.807) is 24.3 Å². The van der Waals surface area contributed by atoms with E-state index < -0.39 is 15.2 Å². The first kappa shape index (κ1) is 25.6. The van der Waals surface area contributed by atoms with Gasteiger partial charge in [0.2, 0.25) is 0 Å². The van der Waals surface area contributed by atoms with Crippen molar-refractivity contribution < 1.29 is 13.2 Å². The van der Waals surface area contributed by atoms with Gasteiger partial charge < -0.3 is 10.5 Å². The van der Waals surface area contributed by atoms with Crippen LogP contribution < -0.4 is 15.2 Å². The number of nitrogens with one attached hydrogen (secondary N) is 1. The van der Waals surface area contributed by atoms with Crippen molar-refractivity contribution in [1.82, 2.24) is 19.6 Å². The lowest BCUT2D eigenvalue weighted by Crippen LogP contribution is -2.15. The van der Waals surface area contributed by atoms with Crippen LogP contribution in [0.25, 0.3) is 5.65 Å². The number of sulfonamides is 1. The summed E-state index contributed by atoms with van der Waals surface area (Å²) in [5, 5.41) is 4.74. The number of methoxy groups -OCH3 is 1. The van der Waals surface area contributed by atoms with Gasteiger partial charge in [0.1, 0.15) is 0 Å². The molecule has 0 aliphatic heterocycles. The van der Waals surface area contributed by atoms with Gasteiger partial charge in [-0.25, -0.2) is 4.98 Å². The summed E-state index contributed by atoms with van der Waals surface area (Å²) in [6.45, 7) is 0. The monoisotopic (exact) mass is 612 g/mol. The summed E-state index contributed by atoms with van der Waals surface area (Å²) in [5.41, 5.74) is 6.14. The first-order valence-corrected chi connectivity index (χ1v) is 12.5. The molecule has 0 amide bonds. The average Bonchev–Trinajstić information content (AvgIpc) is 3.23. The van der Waals surface area contributed by atoms with Crippen LogP contribution in [0.3, 0.4) is 0 Å². The van der Waals surface area contributed by atoms with Gasteiger partial charge in [-0.2, -0.15) is 17.9 Å². The molecule has 2 aromatic carbocycles. The quantitative estimate of drug-likeness (QED) is 0.288. The van der Waals surface area contributed by atoms with Crippen LogP contribution in [-0.4, -0.2) is 35.1 Å². The van der Waals surface area contributed by atoms with Crippen LogP contribution in [0.15, 0.2) is 52.2 Å². The van der Waals surface area contributed by atoms with Crippen LogP contribution in [0.1, 0.15) is 0 Å². The van der Waals surface area contributed by atoms with Gasteiger partial charge in [0.05, 0.1) is 49.2 Å². The second-order valence-corrected chi connectivity index (χ2v) is 10.1. The van der Waals surface area contributed by atoms with Gasteiger partial charge in [0.15, 0.2) is 5.65 Å². The van der Waals surface area contributed by atoms with Crippen LogP contribution in [0.2, 0.25) is 20.1 Å². The normalized spacial score (nSPS) is 11.1. The molecule has 0 unspecified atom stereocenters. The van der Waals surface area contributed by atoms with Crippen LogP contribution in [0, 0.1) is 0 Å². The number of aromatic nitrogens is 4. The number of halogens is 5. The molecule has 0 atom stereocenters. The van der Waals surface area contributed by atoms with Gasteiger partial charge in [-0.15, -0.1) is 5.10 Å². The fourth-order valence-electron chi connectivity index (χ4n) is 2.34. The number of benzene rings is 2. The smallest absolute Gasteiger partial charge is 0.319 e. The Labute approximate surface area is 217 Å². The van der Waals surface area contributed by atoms with Crippen molar-refractivity contribution >= 4 is 89.4 Å². The Morgan fingerprint density at radius 1 is 1.03 bits per heavy atom. The van der Waals surface area contributed by atoms with Crippen molar-refractivity contribution in [2.24, 2.45) is 0 Å². The summed E-state index contributed by atoms with van der Waals surface area (Å²) in [6.07, 6.45) is 1.43. The molecule has 174 valence electrons. The number of rotatable bonds is 4. The van der Waals surface area contributed by atoms with E-state index >= 15 is 0 Å². The minimum Gasteiger partial charge on any atom is -0.467 e. The predicted octanol–water partition coefficient (Wildman–Crippen LogP) is 5.58. The summed E-state index contributed by atoms with van der Waals surface area (Å²) in [5.74, 6) is 0. The Kier molecular flexibility index (Phi) is 8.14. The Morgan fingerprint density at radius 2 is 1.58 bits per heavy atom. The van der Waals surface area contributed by atoms with Gasteiger partial charge in [0, 0.05) is 0 Å². The van der Waals surface area contributed by atoms with Crippen molar-refractivity contribution in [2.75, 3.05) is 17.6 Å². The Morgan fingerprint density at radius 3 is 2.09 bits per heavy atom. The molecule has 2 heterocycles. The van der Waals surface area contributed by atoms with Gasteiger partial charge >= 0.3 is 6.01 Å². The molecule has 0 fully saturated rings. The van der Waals surface area contributed by atoms with Crippen LogP contribution in [-0.2, 0) is 10.0 Å². The largest absolute Gasteiger partial charge is 0.467 e. The lowest BCUT2D eigenvalue weighted by Gasteiger charge is -2.08. The average molecular weight is 615 g/mol. The van der Waals surface area contributed by atoms with Gasteiger partial charge in [0.25, 0.3) is 15.2 Å². The summed E-state index contributed by atoms with van der Waals surface area (Å²) in [4.78, 5) is 7.96. The zero-order valence-corrected chi connectivity index (χ0v) is 21.9. The molecule has 15 heteroatoms. The van der Waals surface area contributed by atoms with Crippen LogP contribution in [0.4, 0.5) is 11.4 Å². The summed E-state index contributed by atoms with van der Waals surface area (Å²) < 4.78 is 34.0. The van der Waals surface area contributed by atoms with Crippen molar-refractivity contribution in [2.45, 2.75) is 5.16 Å². The maximum atomic E-state index is 12.5. The molecule has 33 heavy (non-hydrogen) atoms. The van der Waals surface area contributed by atoms with E-state index in [9.17, 15) is 8.42 Å². The number of nitrogens with zero attached hydrogens (tertiary/aromatic N) is 4. The lowest BCUT2D eigenvalue weighted by atomic mass is 10.3. The Bertz CT molecular complexity index is 1390. The molecule has 0 bridgehead atoms. The molecular weight excluding hydrogens is 602 g/mol. The molecule has 0 saturated heterocycles. The first-order valence-electron chi connectivity index (χ1n) is 8.66. The van der Waals surface area contributed by atoms with Gasteiger partial charge in [-0.05, 0) is 40.2 Å². The number of anilines is 2. The highest BCUT2D eigenvalue weighted by atomic mass is 79.9. The third kappa shape index (κ3) is 5.73. The highest BCUT2D eigenvalue weighted by molar-refractivity contribution is 9.10. The van der Waals surface area contributed by atoms with Crippen LogP contribution in [0.5, 0.6) is 6.01 Å². The van der Waals surface area contributed by atoms with E-state index in [1.165, 1.54) is 25.4 Å². The number of hydrogen-bond acceptors (Lipinski definition) is 7. The molecule has 9 nitrogen and oxygen atoms in total. The SMILES string of the molecule is COc1ncc(Br)c2nc(S(=O)(=O)Nc3c(Cl)cccc3Cl)nn12.Nc1c(Cl)cccc1Cl. The standard InChI is InChI=1S/C12H8BrCl2N5O3S.C6H5Cl2N/c1-23-12-16-5-6(13)10-17-11(18-20(10)12)24(21,22)19-9-7(14)3-2-4-8(9)15;7-4-2-1-3-5(8)6(4)9/h2-5,19H,1H3;1-3H,9H2. The molecule has 0 aliphatic carbocycles. The maximum Gasteiger partial charge on any atom is 0.319 e. The van der Waals surface area contributed by atoms with E-state index in [0.29, 0.717) is 20.2 Å². The number of hydrogen-bond donors (Lipinski definition) is 2. The number of para-hydroxylation sites is 2. The highest BCUT2D eigenvalue weighted by Gasteiger charge is 2.25. The summed E-state index contributed by atoms with van der Waals surface area (Å²) >= 11 is 26.4. The Hall–Kier alpha value is -2.02. The van der Waals surface area contributed by atoms with Crippen molar-refractivity contribution in [3.05, 3.63) is 67.2 Å². The number of nitrogen functional groups attached to an aromatic ring is 1. The summed E-state index contributed by atoms with van der Waals surface area (Å²) in [7, 11) is -2.75. The topological polar surface area (TPSA) is 124 Å². The second-order valence-electron chi connectivity index (χ2n) is 6.06. The van der Waals surface area contributed by atoms with E-state index in [1.807, 2.05) is 0 Å². The van der Waals surface area contributed by atoms with E-state index in [0.717, 1.165) is 4.52 Å². The van der Waals surface area contributed by atoms with E-state index in [4.69, 9.17) is 56.9 Å². The van der Waals surface area contributed by atoms with E-state index in [-0.39, 0.29) is 27.4 Å². The summed E-state index contributed by atoms with van der Waals surface area (Å²) in [6, 6.07) is 9.84. The van der Waals surface area contributed by atoms with Gasteiger partial charge in [-0.1, -0.05) is 58.5 Å². The molecule has 0 aliphatic rings. The first-order chi connectivity index (χ1) is 15.5. The van der Waals surface area contributed by atoms with Crippen LogP contribution >= 0.6 is 62.3 Å². The Balaban J connectivity index is 0.000000286. The number of nitrogens with two attached hydrogens (primary N) is 1. The molecule has 2 aromatic heterocycles. The molecule has 0 radical (unpaired) electrons.